The summed E-state index contributed by atoms with van der Waals surface area (Å²) < 4.78 is 0. The first-order chi connectivity index (χ1) is 6.13. The first-order valence-corrected chi connectivity index (χ1v) is 6.17. The lowest BCUT2D eigenvalue weighted by molar-refractivity contribution is 0.201. The van der Waals surface area contributed by atoms with Crippen LogP contribution in [0.15, 0.2) is 0 Å². The van der Waals surface area contributed by atoms with Gasteiger partial charge in [0.2, 0.25) is 0 Å². The SMILES string of the molecule is CC1CC(N[C@H](CO)C(C)C)CS1. The van der Waals surface area contributed by atoms with Crippen molar-refractivity contribution >= 4 is 11.8 Å². The Kier molecular flexibility index (Phi) is 4.56. The molecule has 1 heterocycles. The Bertz CT molecular complexity index is 152. The van der Waals surface area contributed by atoms with Crippen LogP contribution in [0.4, 0.5) is 0 Å². The second kappa shape index (κ2) is 5.23. The third kappa shape index (κ3) is 3.49. The number of aliphatic hydroxyl groups excluding tert-OH is 1. The van der Waals surface area contributed by atoms with E-state index in [4.69, 9.17) is 5.11 Å². The molecule has 0 bridgehead atoms. The molecule has 1 aliphatic heterocycles. The third-order valence-electron chi connectivity index (χ3n) is 2.65. The van der Waals surface area contributed by atoms with E-state index in [1.54, 1.807) is 0 Å². The molecule has 0 aromatic rings. The summed E-state index contributed by atoms with van der Waals surface area (Å²) in [4.78, 5) is 0. The van der Waals surface area contributed by atoms with Gasteiger partial charge in [0.05, 0.1) is 6.61 Å². The Labute approximate surface area is 85.5 Å². The molecule has 0 saturated carbocycles. The van der Waals surface area contributed by atoms with E-state index in [0.29, 0.717) is 12.0 Å². The van der Waals surface area contributed by atoms with E-state index in [0.717, 1.165) is 5.25 Å². The predicted molar refractivity (Wildman–Crippen MR) is 59.2 cm³/mol. The van der Waals surface area contributed by atoms with Crippen molar-refractivity contribution in [3.63, 3.8) is 0 Å². The molecule has 0 spiro atoms. The van der Waals surface area contributed by atoms with E-state index in [1.807, 2.05) is 11.8 Å². The van der Waals surface area contributed by atoms with Gasteiger partial charge in [-0.05, 0) is 12.3 Å². The molecule has 1 fully saturated rings. The third-order valence-corrected chi connectivity index (χ3v) is 4.01. The van der Waals surface area contributed by atoms with Gasteiger partial charge < -0.3 is 10.4 Å². The fourth-order valence-corrected chi connectivity index (χ4v) is 2.85. The zero-order chi connectivity index (χ0) is 9.84. The summed E-state index contributed by atoms with van der Waals surface area (Å²) in [6.07, 6.45) is 1.24. The van der Waals surface area contributed by atoms with Crippen LogP contribution >= 0.6 is 11.8 Å². The molecule has 0 aromatic heterocycles. The zero-order valence-corrected chi connectivity index (χ0v) is 9.60. The molecule has 3 heteroatoms. The van der Waals surface area contributed by atoms with Crippen LogP contribution in [0.3, 0.4) is 0 Å². The van der Waals surface area contributed by atoms with E-state index < -0.39 is 0 Å². The van der Waals surface area contributed by atoms with Crippen LogP contribution in [0.5, 0.6) is 0 Å². The van der Waals surface area contributed by atoms with Gasteiger partial charge in [-0.3, -0.25) is 0 Å². The quantitative estimate of drug-likeness (QED) is 0.726. The highest BCUT2D eigenvalue weighted by Gasteiger charge is 2.24. The van der Waals surface area contributed by atoms with Crippen molar-refractivity contribution in [3.05, 3.63) is 0 Å². The maximum absolute atomic E-state index is 9.15. The summed E-state index contributed by atoms with van der Waals surface area (Å²) in [6.45, 7) is 6.84. The normalized spacial score (nSPS) is 31.2. The van der Waals surface area contributed by atoms with Crippen LogP contribution in [-0.4, -0.2) is 34.8 Å². The molecule has 0 radical (unpaired) electrons. The number of hydrogen-bond donors (Lipinski definition) is 2. The van der Waals surface area contributed by atoms with E-state index in [1.165, 1.54) is 12.2 Å². The van der Waals surface area contributed by atoms with Crippen molar-refractivity contribution in [2.75, 3.05) is 12.4 Å². The molecule has 13 heavy (non-hydrogen) atoms. The van der Waals surface area contributed by atoms with E-state index in [-0.39, 0.29) is 12.6 Å². The molecule has 78 valence electrons. The second-order valence-corrected chi connectivity index (χ2v) is 5.75. The Morgan fingerprint density at radius 2 is 2.23 bits per heavy atom. The second-order valence-electron chi connectivity index (χ2n) is 4.28. The van der Waals surface area contributed by atoms with Gasteiger partial charge in [0, 0.05) is 23.1 Å². The fourth-order valence-electron chi connectivity index (χ4n) is 1.69. The van der Waals surface area contributed by atoms with Crippen molar-refractivity contribution in [2.24, 2.45) is 5.92 Å². The van der Waals surface area contributed by atoms with Gasteiger partial charge >= 0.3 is 0 Å². The first kappa shape index (κ1) is 11.3. The molecule has 0 aromatic carbocycles. The van der Waals surface area contributed by atoms with Crippen molar-refractivity contribution in [1.82, 2.24) is 5.32 Å². The highest BCUT2D eigenvalue weighted by Crippen LogP contribution is 2.26. The lowest BCUT2D eigenvalue weighted by Gasteiger charge is -2.23. The standard InChI is InChI=1S/C10H21NOS/c1-7(2)10(5-12)11-9-4-8(3)13-6-9/h7-12H,4-6H2,1-3H3/t8?,9?,10-/m1/s1. The largest absolute Gasteiger partial charge is 0.395 e. The van der Waals surface area contributed by atoms with Gasteiger partial charge in [0.25, 0.3) is 0 Å². The van der Waals surface area contributed by atoms with Gasteiger partial charge in [-0.25, -0.2) is 0 Å². The smallest absolute Gasteiger partial charge is 0.0587 e. The predicted octanol–water partition coefficient (Wildman–Crippen LogP) is 1.49. The molecule has 1 aliphatic rings. The van der Waals surface area contributed by atoms with Crippen LogP contribution in [0.2, 0.25) is 0 Å². The molecule has 0 aliphatic carbocycles. The average molecular weight is 203 g/mol. The lowest BCUT2D eigenvalue weighted by Crippen LogP contribution is -2.43. The van der Waals surface area contributed by atoms with Gasteiger partial charge in [0.15, 0.2) is 0 Å². The molecule has 3 atom stereocenters. The van der Waals surface area contributed by atoms with Gasteiger partial charge in [-0.2, -0.15) is 11.8 Å². The van der Waals surface area contributed by atoms with E-state index in [9.17, 15) is 0 Å². The van der Waals surface area contributed by atoms with E-state index >= 15 is 0 Å². The van der Waals surface area contributed by atoms with Crippen LogP contribution in [0, 0.1) is 5.92 Å². The molecule has 2 nitrogen and oxygen atoms in total. The minimum Gasteiger partial charge on any atom is -0.395 e. The fraction of sp³-hybridized carbons (Fsp3) is 1.00. The monoisotopic (exact) mass is 203 g/mol. The summed E-state index contributed by atoms with van der Waals surface area (Å²) in [5.74, 6) is 1.72. The van der Waals surface area contributed by atoms with Crippen LogP contribution in [-0.2, 0) is 0 Å². The van der Waals surface area contributed by atoms with Crippen LogP contribution in [0.1, 0.15) is 27.2 Å². The number of rotatable bonds is 4. The van der Waals surface area contributed by atoms with Gasteiger partial charge in [-0.15, -0.1) is 0 Å². The summed E-state index contributed by atoms with van der Waals surface area (Å²) in [5.41, 5.74) is 0. The minimum absolute atomic E-state index is 0.257. The summed E-state index contributed by atoms with van der Waals surface area (Å²) in [6, 6.07) is 0.885. The molecular formula is C10H21NOS. The number of aliphatic hydroxyl groups is 1. The molecule has 0 amide bonds. The Hall–Kier alpha value is 0.270. The first-order valence-electron chi connectivity index (χ1n) is 5.12. The number of nitrogens with one attached hydrogen (secondary N) is 1. The highest BCUT2D eigenvalue weighted by atomic mass is 32.2. The molecule has 1 rings (SSSR count). The van der Waals surface area contributed by atoms with Crippen molar-refractivity contribution < 1.29 is 5.11 Å². The molecule has 2 unspecified atom stereocenters. The average Bonchev–Trinajstić information content (AvgIpc) is 2.46. The highest BCUT2D eigenvalue weighted by molar-refractivity contribution is 8.00. The molecule has 1 saturated heterocycles. The Balaban J connectivity index is 2.30. The summed E-state index contributed by atoms with van der Waals surface area (Å²) in [7, 11) is 0. The molecular weight excluding hydrogens is 182 g/mol. The van der Waals surface area contributed by atoms with Gasteiger partial charge in [0.1, 0.15) is 0 Å². The summed E-state index contributed by atoms with van der Waals surface area (Å²) >= 11 is 2.03. The van der Waals surface area contributed by atoms with Crippen molar-refractivity contribution in [2.45, 2.75) is 44.5 Å². The van der Waals surface area contributed by atoms with Gasteiger partial charge in [-0.1, -0.05) is 20.8 Å². The summed E-state index contributed by atoms with van der Waals surface area (Å²) in [5, 5.41) is 13.5. The van der Waals surface area contributed by atoms with Crippen LogP contribution < -0.4 is 5.32 Å². The van der Waals surface area contributed by atoms with Crippen LogP contribution in [0.25, 0.3) is 0 Å². The number of thioether (sulfide) groups is 1. The minimum atomic E-state index is 0.257. The topological polar surface area (TPSA) is 32.3 Å². The van der Waals surface area contributed by atoms with E-state index in [2.05, 4.69) is 26.1 Å². The zero-order valence-electron chi connectivity index (χ0n) is 8.79. The Morgan fingerprint density at radius 3 is 2.62 bits per heavy atom. The lowest BCUT2D eigenvalue weighted by atomic mass is 10.0. The number of hydrogen-bond acceptors (Lipinski definition) is 3. The van der Waals surface area contributed by atoms with Crippen molar-refractivity contribution in [3.8, 4) is 0 Å². The Morgan fingerprint density at radius 1 is 1.54 bits per heavy atom. The molecule has 2 N–H and O–H groups in total. The van der Waals surface area contributed by atoms with Crippen molar-refractivity contribution in [1.29, 1.82) is 0 Å². The maximum atomic E-state index is 9.15. The maximum Gasteiger partial charge on any atom is 0.0587 e.